The fraction of sp³-hybridized carbons (Fsp3) is 0.375. The summed E-state index contributed by atoms with van der Waals surface area (Å²) in [5.74, 6) is 0.832. The van der Waals surface area contributed by atoms with Crippen LogP contribution in [0.15, 0.2) is 35.2 Å². The number of hydrogen-bond donors (Lipinski definition) is 1. The van der Waals surface area contributed by atoms with Crippen LogP contribution in [0.1, 0.15) is 22.5 Å². The lowest BCUT2D eigenvalue weighted by atomic mass is 10.2. The molecule has 0 amide bonds. The van der Waals surface area contributed by atoms with Gasteiger partial charge < -0.3 is 14.6 Å². The van der Waals surface area contributed by atoms with E-state index in [1.165, 1.54) is 25.2 Å². The molecule has 22 heavy (non-hydrogen) atoms. The number of aromatic nitrogens is 2. The fourth-order valence-corrected chi connectivity index (χ4v) is 3.72. The van der Waals surface area contributed by atoms with Crippen molar-refractivity contribution in [3.05, 3.63) is 46.5 Å². The van der Waals surface area contributed by atoms with Crippen molar-refractivity contribution < 1.29 is 9.90 Å². The van der Waals surface area contributed by atoms with E-state index in [2.05, 4.69) is 44.0 Å². The van der Waals surface area contributed by atoms with Crippen LogP contribution in [0.2, 0.25) is 0 Å². The predicted octanol–water partition coefficient (Wildman–Crippen LogP) is 2.85. The van der Waals surface area contributed by atoms with E-state index in [9.17, 15) is 4.79 Å². The van der Waals surface area contributed by atoms with Gasteiger partial charge in [0.15, 0.2) is 5.69 Å². The van der Waals surface area contributed by atoms with Gasteiger partial charge in [0.1, 0.15) is 0 Å². The Morgan fingerprint density at radius 2 is 2.14 bits per heavy atom. The summed E-state index contributed by atoms with van der Waals surface area (Å²) in [6, 6.07) is 6.42. The number of benzene rings is 1. The second-order valence-corrected chi connectivity index (χ2v) is 7.03. The summed E-state index contributed by atoms with van der Waals surface area (Å²) < 4.78 is 2.84. The highest BCUT2D eigenvalue weighted by Gasteiger charge is 2.45. The Kier molecular flexibility index (Phi) is 3.22. The number of fused-ring (bicyclic) bond motifs is 1. The molecule has 1 aliphatic heterocycles. The first-order valence-electron chi connectivity index (χ1n) is 7.38. The first kappa shape index (κ1) is 13.8. The summed E-state index contributed by atoms with van der Waals surface area (Å²) in [4.78, 5) is 17.2. The van der Waals surface area contributed by atoms with Gasteiger partial charge in [0.2, 0.25) is 0 Å². The van der Waals surface area contributed by atoms with Gasteiger partial charge in [0.25, 0.3) is 0 Å². The first-order valence-corrected chi connectivity index (χ1v) is 8.18. The van der Waals surface area contributed by atoms with Gasteiger partial charge >= 0.3 is 5.97 Å². The van der Waals surface area contributed by atoms with Crippen molar-refractivity contribution >= 4 is 27.6 Å². The van der Waals surface area contributed by atoms with Crippen LogP contribution >= 0.6 is 15.9 Å². The van der Waals surface area contributed by atoms with Crippen molar-refractivity contribution in [3.63, 3.8) is 0 Å². The molecule has 4 rings (SSSR count). The standard InChI is InChI=1S/C16H16BrN3O2/c17-14-4-13(20-6-11-3-12(11)7-20)2-1-10(14)5-19-8-15(16(21)22)18-9-19/h1-2,4,8-9,11-12H,3,5-7H2,(H,21,22). The average Bonchev–Trinajstić information content (AvgIpc) is 2.89. The van der Waals surface area contributed by atoms with Crippen LogP contribution in [0.5, 0.6) is 0 Å². The molecule has 2 fully saturated rings. The monoisotopic (exact) mass is 361 g/mol. The minimum atomic E-state index is -0.999. The molecule has 2 atom stereocenters. The predicted molar refractivity (Wildman–Crippen MR) is 86.2 cm³/mol. The smallest absolute Gasteiger partial charge is 0.356 e. The van der Waals surface area contributed by atoms with Crippen LogP contribution in [-0.4, -0.2) is 33.7 Å². The van der Waals surface area contributed by atoms with E-state index in [0.717, 1.165) is 21.9 Å². The van der Waals surface area contributed by atoms with Crippen LogP contribution in [0.4, 0.5) is 5.69 Å². The van der Waals surface area contributed by atoms with Crippen molar-refractivity contribution in [1.29, 1.82) is 0 Å². The molecular formula is C16H16BrN3O2. The number of rotatable bonds is 4. The number of hydrogen-bond acceptors (Lipinski definition) is 3. The molecule has 6 heteroatoms. The molecule has 1 saturated carbocycles. The largest absolute Gasteiger partial charge is 0.476 e. The number of piperidine rings is 1. The highest BCUT2D eigenvalue weighted by atomic mass is 79.9. The Bertz CT molecular complexity index is 733. The SMILES string of the molecule is O=C(O)c1cn(Cc2ccc(N3CC4CC4C3)cc2Br)cn1. The van der Waals surface area contributed by atoms with E-state index < -0.39 is 5.97 Å². The summed E-state index contributed by atoms with van der Waals surface area (Å²) in [6.07, 6.45) is 4.51. The molecule has 1 saturated heterocycles. The minimum absolute atomic E-state index is 0.0732. The van der Waals surface area contributed by atoms with E-state index in [0.29, 0.717) is 6.54 Å². The van der Waals surface area contributed by atoms with Crippen molar-refractivity contribution in [3.8, 4) is 0 Å². The van der Waals surface area contributed by atoms with Crippen molar-refractivity contribution in [1.82, 2.24) is 9.55 Å². The van der Waals surface area contributed by atoms with Crippen LogP contribution in [-0.2, 0) is 6.54 Å². The van der Waals surface area contributed by atoms with E-state index in [-0.39, 0.29) is 5.69 Å². The third-order valence-corrected chi connectivity index (χ3v) is 5.32. The van der Waals surface area contributed by atoms with Gasteiger partial charge in [0.05, 0.1) is 6.33 Å². The molecule has 0 spiro atoms. The number of imidazole rings is 1. The Hall–Kier alpha value is -1.82. The molecule has 1 aromatic carbocycles. The molecule has 2 aliphatic rings. The summed E-state index contributed by atoms with van der Waals surface area (Å²) >= 11 is 3.64. The second-order valence-electron chi connectivity index (χ2n) is 6.17. The van der Waals surface area contributed by atoms with Crippen LogP contribution in [0.25, 0.3) is 0 Å². The van der Waals surface area contributed by atoms with E-state index in [4.69, 9.17) is 5.11 Å². The molecular weight excluding hydrogens is 346 g/mol. The Balaban J connectivity index is 1.50. The molecule has 2 unspecified atom stereocenters. The van der Waals surface area contributed by atoms with E-state index >= 15 is 0 Å². The lowest BCUT2D eigenvalue weighted by molar-refractivity contribution is 0.0691. The van der Waals surface area contributed by atoms with Gasteiger partial charge in [0, 0.05) is 36.0 Å². The molecule has 1 aromatic heterocycles. The maximum Gasteiger partial charge on any atom is 0.356 e. The van der Waals surface area contributed by atoms with Crippen LogP contribution in [0, 0.1) is 11.8 Å². The number of halogens is 1. The molecule has 5 nitrogen and oxygen atoms in total. The fourth-order valence-electron chi connectivity index (χ4n) is 3.22. The number of carbonyl (C=O) groups is 1. The Labute approximate surface area is 136 Å². The first-order chi connectivity index (χ1) is 10.6. The van der Waals surface area contributed by atoms with Gasteiger partial charge in [-0.2, -0.15) is 0 Å². The Morgan fingerprint density at radius 3 is 2.77 bits per heavy atom. The maximum atomic E-state index is 10.9. The number of aromatic carboxylic acids is 1. The van der Waals surface area contributed by atoms with Gasteiger partial charge in [-0.05, 0) is 36.0 Å². The van der Waals surface area contributed by atoms with Crippen molar-refractivity contribution in [2.45, 2.75) is 13.0 Å². The lowest BCUT2D eigenvalue weighted by Crippen LogP contribution is -2.21. The summed E-state index contributed by atoms with van der Waals surface area (Å²) in [5.41, 5.74) is 2.45. The van der Waals surface area contributed by atoms with Crippen LogP contribution < -0.4 is 4.90 Å². The molecule has 114 valence electrons. The number of carboxylic acid groups (broad SMARTS) is 1. The van der Waals surface area contributed by atoms with Crippen LogP contribution in [0.3, 0.4) is 0 Å². The molecule has 1 N–H and O–H groups in total. The highest BCUT2D eigenvalue weighted by Crippen LogP contribution is 2.46. The van der Waals surface area contributed by atoms with Crippen molar-refractivity contribution in [2.75, 3.05) is 18.0 Å². The molecule has 2 heterocycles. The number of nitrogens with zero attached hydrogens (tertiary/aromatic N) is 3. The average molecular weight is 362 g/mol. The third-order valence-electron chi connectivity index (χ3n) is 4.59. The summed E-state index contributed by atoms with van der Waals surface area (Å²) in [5, 5.41) is 8.91. The zero-order chi connectivity index (χ0) is 15.3. The molecule has 0 radical (unpaired) electrons. The third kappa shape index (κ3) is 2.52. The number of carboxylic acids is 1. The topological polar surface area (TPSA) is 58.4 Å². The molecule has 2 aromatic rings. The molecule has 0 bridgehead atoms. The minimum Gasteiger partial charge on any atom is -0.476 e. The maximum absolute atomic E-state index is 10.9. The normalized spacial score (nSPS) is 22.7. The summed E-state index contributed by atoms with van der Waals surface area (Å²) in [6.45, 7) is 2.96. The lowest BCUT2D eigenvalue weighted by Gasteiger charge is -2.21. The van der Waals surface area contributed by atoms with Gasteiger partial charge in [-0.25, -0.2) is 9.78 Å². The van der Waals surface area contributed by atoms with Crippen molar-refractivity contribution in [2.24, 2.45) is 11.8 Å². The highest BCUT2D eigenvalue weighted by molar-refractivity contribution is 9.10. The zero-order valence-corrected chi connectivity index (χ0v) is 13.5. The Morgan fingerprint density at radius 1 is 1.36 bits per heavy atom. The van der Waals surface area contributed by atoms with Gasteiger partial charge in [-0.15, -0.1) is 0 Å². The van der Waals surface area contributed by atoms with E-state index in [1.54, 1.807) is 17.1 Å². The second kappa shape index (κ2) is 5.12. The van der Waals surface area contributed by atoms with Gasteiger partial charge in [-0.1, -0.05) is 22.0 Å². The van der Waals surface area contributed by atoms with Gasteiger partial charge in [-0.3, -0.25) is 0 Å². The quantitative estimate of drug-likeness (QED) is 0.909. The number of anilines is 1. The zero-order valence-electron chi connectivity index (χ0n) is 11.9. The summed E-state index contributed by atoms with van der Waals surface area (Å²) in [7, 11) is 0. The van der Waals surface area contributed by atoms with E-state index in [1.807, 2.05) is 0 Å². The molecule has 1 aliphatic carbocycles.